The number of carbonyl (C=O) groups is 1. The number of ether oxygens (including phenoxy) is 1. The first kappa shape index (κ1) is 15.1. The second-order valence-corrected chi connectivity index (χ2v) is 6.22. The second-order valence-electron chi connectivity index (χ2n) is 6.22. The first-order valence-corrected chi connectivity index (χ1v) is 7.20. The van der Waals surface area contributed by atoms with Gasteiger partial charge < -0.3 is 19.5 Å². The summed E-state index contributed by atoms with van der Waals surface area (Å²) in [6.07, 6.45) is 1.97. The highest BCUT2D eigenvalue weighted by atomic mass is 16.5. The molecule has 112 valence electrons. The van der Waals surface area contributed by atoms with Crippen LogP contribution in [0.25, 0.3) is 0 Å². The van der Waals surface area contributed by atoms with Crippen LogP contribution in [0.15, 0.2) is 18.3 Å². The Balaban J connectivity index is 1.92. The summed E-state index contributed by atoms with van der Waals surface area (Å²) in [7, 11) is 0. The first-order valence-electron chi connectivity index (χ1n) is 7.20. The summed E-state index contributed by atoms with van der Waals surface area (Å²) in [5, 5.41) is 3.45. The molecule has 0 spiro atoms. The summed E-state index contributed by atoms with van der Waals surface area (Å²) in [5.41, 5.74) is 1.21. The van der Waals surface area contributed by atoms with E-state index in [-0.39, 0.29) is 11.4 Å². The molecule has 20 heavy (non-hydrogen) atoms. The zero-order valence-corrected chi connectivity index (χ0v) is 12.7. The number of aromatic nitrogens is 1. The monoisotopic (exact) mass is 279 g/mol. The third kappa shape index (κ3) is 4.35. The molecule has 2 heterocycles. The van der Waals surface area contributed by atoms with Gasteiger partial charge in [-0.2, -0.15) is 0 Å². The van der Waals surface area contributed by atoms with Crippen LogP contribution in [0.1, 0.15) is 26.5 Å². The van der Waals surface area contributed by atoms with Gasteiger partial charge in [0.15, 0.2) is 0 Å². The fraction of sp³-hybridized carbons (Fsp3) is 0.667. The van der Waals surface area contributed by atoms with Crippen molar-refractivity contribution in [3.8, 4) is 0 Å². The highest BCUT2D eigenvalue weighted by molar-refractivity contribution is 5.76. The molecule has 1 saturated heterocycles. The van der Waals surface area contributed by atoms with E-state index < -0.39 is 0 Å². The molecule has 0 radical (unpaired) electrons. The Kier molecular flexibility index (Phi) is 4.83. The minimum absolute atomic E-state index is 0.0727. The molecule has 0 saturated carbocycles. The van der Waals surface area contributed by atoms with E-state index in [1.54, 1.807) is 0 Å². The minimum atomic E-state index is 0.0727. The summed E-state index contributed by atoms with van der Waals surface area (Å²) in [6.45, 7) is 10.3. The van der Waals surface area contributed by atoms with Gasteiger partial charge in [0, 0.05) is 37.1 Å². The van der Waals surface area contributed by atoms with Gasteiger partial charge >= 0.3 is 0 Å². The lowest BCUT2D eigenvalue weighted by Gasteiger charge is -2.27. The number of nitrogens with one attached hydrogen (secondary N) is 1. The number of morpholine rings is 1. The molecule has 1 aliphatic rings. The maximum absolute atomic E-state index is 12.2. The second kappa shape index (κ2) is 6.41. The molecule has 0 atom stereocenters. The van der Waals surface area contributed by atoms with Gasteiger partial charge in [-0.25, -0.2) is 0 Å². The van der Waals surface area contributed by atoms with Crippen molar-refractivity contribution in [1.29, 1.82) is 0 Å². The van der Waals surface area contributed by atoms with Crippen molar-refractivity contribution >= 4 is 5.91 Å². The minimum Gasteiger partial charge on any atom is -0.378 e. The van der Waals surface area contributed by atoms with Crippen molar-refractivity contribution in [1.82, 2.24) is 14.8 Å². The van der Waals surface area contributed by atoms with Crippen LogP contribution in [-0.2, 0) is 22.6 Å². The van der Waals surface area contributed by atoms with E-state index in [9.17, 15) is 4.79 Å². The van der Waals surface area contributed by atoms with Crippen LogP contribution >= 0.6 is 0 Å². The molecule has 0 aliphatic carbocycles. The Hall–Kier alpha value is -1.33. The Morgan fingerprint density at radius 1 is 1.35 bits per heavy atom. The molecule has 1 amide bonds. The van der Waals surface area contributed by atoms with Crippen molar-refractivity contribution in [2.45, 2.75) is 39.4 Å². The summed E-state index contributed by atoms with van der Waals surface area (Å²) in [6, 6.07) is 4.05. The summed E-state index contributed by atoms with van der Waals surface area (Å²) >= 11 is 0. The van der Waals surface area contributed by atoms with Crippen LogP contribution in [0.5, 0.6) is 0 Å². The van der Waals surface area contributed by atoms with Crippen LogP contribution in [0, 0.1) is 0 Å². The number of amides is 1. The van der Waals surface area contributed by atoms with Gasteiger partial charge in [-0.3, -0.25) is 4.79 Å². The predicted molar refractivity (Wildman–Crippen MR) is 78.4 cm³/mol. The largest absolute Gasteiger partial charge is 0.378 e. The van der Waals surface area contributed by atoms with Gasteiger partial charge in [0.05, 0.1) is 13.2 Å². The van der Waals surface area contributed by atoms with Gasteiger partial charge in [-0.1, -0.05) is 0 Å². The average Bonchev–Trinajstić information content (AvgIpc) is 2.84. The fourth-order valence-corrected chi connectivity index (χ4v) is 2.18. The van der Waals surface area contributed by atoms with Crippen molar-refractivity contribution in [2.24, 2.45) is 0 Å². The van der Waals surface area contributed by atoms with Crippen molar-refractivity contribution < 1.29 is 9.53 Å². The fourth-order valence-electron chi connectivity index (χ4n) is 2.18. The zero-order chi connectivity index (χ0) is 14.6. The molecule has 0 unspecified atom stereocenters. The molecule has 0 bridgehead atoms. The van der Waals surface area contributed by atoms with E-state index in [2.05, 4.69) is 32.2 Å². The van der Waals surface area contributed by atoms with E-state index in [0.29, 0.717) is 32.8 Å². The third-order valence-electron chi connectivity index (χ3n) is 3.39. The standard InChI is InChI=1S/C15H25N3O2/c1-15(2,3)16-11-13-5-4-6-18(13)12-14(19)17-7-9-20-10-8-17/h4-6,16H,7-12H2,1-3H3. The lowest BCUT2D eigenvalue weighted by atomic mass is 10.1. The quantitative estimate of drug-likeness (QED) is 0.902. The molecule has 1 N–H and O–H groups in total. The Morgan fingerprint density at radius 2 is 2.05 bits per heavy atom. The highest BCUT2D eigenvalue weighted by Crippen LogP contribution is 2.08. The molecule has 1 fully saturated rings. The van der Waals surface area contributed by atoms with Gasteiger partial charge in [-0.15, -0.1) is 0 Å². The molecule has 1 aliphatic heterocycles. The number of carbonyl (C=O) groups excluding carboxylic acids is 1. The van der Waals surface area contributed by atoms with Gasteiger partial charge in [0.25, 0.3) is 0 Å². The summed E-state index contributed by atoms with van der Waals surface area (Å²) < 4.78 is 7.30. The maximum Gasteiger partial charge on any atom is 0.242 e. The number of hydrogen-bond donors (Lipinski definition) is 1. The molecule has 5 heteroatoms. The van der Waals surface area contributed by atoms with Crippen LogP contribution in [-0.4, -0.2) is 47.2 Å². The topological polar surface area (TPSA) is 46.5 Å². The van der Waals surface area contributed by atoms with Crippen LogP contribution in [0.4, 0.5) is 0 Å². The molecular weight excluding hydrogens is 254 g/mol. The molecule has 1 aromatic rings. The van der Waals surface area contributed by atoms with Crippen molar-refractivity contribution in [3.63, 3.8) is 0 Å². The Morgan fingerprint density at radius 3 is 2.70 bits per heavy atom. The van der Waals surface area contributed by atoms with Gasteiger partial charge in [0.1, 0.15) is 6.54 Å². The lowest BCUT2D eigenvalue weighted by Crippen LogP contribution is -2.42. The first-order chi connectivity index (χ1) is 9.46. The normalized spacial score (nSPS) is 16.4. The number of nitrogens with zero attached hydrogens (tertiary/aromatic N) is 2. The van der Waals surface area contributed by atoms with E-state index in [1.807, 2.05) is 21.7 Å². The van der Waals surface area contributed by atoms with E-state index >= 15 is 0 Å². The third-order valence-corrected chi connectivity index (χ3v) is 3.39. The van der Waals surface area contributed by atoms with E-state index in [1.165, 1.54) is 0 Å². The Labute approximate surface area is 120 Å². The average molecular weight is 279 g/mol. The smallest absolute Gasteiger partial charge is 0.242 e. The molecule has 2 rings (SSSR count). The van der Waals surface area contributed by atoms with Crippen molar-refractivity contribution in [2.75, 3.05) is 26.3 Å². The number of hydrogen-bond acceptors (Lipinski definition) is 3. The molecule has 5 nitrogen and oxygen atoms in total. The lowest BCUT2D eigenvalue weighted by molar-refractivity contribution is -0.135. The highest BCUT2D eigenvalue weighted by Gasteiger charge is 2.18. The summed E-state index contributed by atoms with van der Waals surface area (Å²) in [4.78, 5) is 14.1. The van der Waals surface area contributed by atoms with Crippen LogP contribution in [0.2, 0.25) is 0 Å². The molecule has 0 aromatic carbocycles. The van der Waals surface area contributed by atoms with Crippen LogP contribution < -0.4 is 5.32 Å². The van der Waals surface area contributed by atoms with Crippen molar-refractivity contribution in [3.05, 3.63) is 24.0 Å². The van der Waals surface area contributed by atoms with Gasteiger partial charge in [-0.05, 0) is 32.9 Å². The van der Waals surface area contributed by atoms with Gasteiger partial charge in [0.2, 0.25) is 5.91 Å². The summed E-state index contributed by atoms with van der Waals surface area (Å²) in [5.74, 6) is 0.168. The molecule has 1 aromatic heterocycles. The Bertz CT molecular complexity index is 442. The predicted octanol–water partition coefficient (Wildman–Crippen LogP) is 1.23. The zero-order valence-electron chi connectivity index (χ0n) is 12.7. The SMILES string of the molecule is CC(C)(C)NCc1cccn1CC(=O)N1CCOCC1. The van der Waals surface area contributed by atoms with E-state index in [4.69, 9.17) is 4.74 Å². The molecular formula is C15H25N3O2. The number of rotatable bonds is 4. The van der Waals surface area contributed by atoms with Crippen LogP contribution in [0.3, 0.4) is 0 Å². The van der Waals surface area contributed by atoms with E-state index in [0.717, 1.165) is 12.2 Å². The maximum atomic E-state index is 12.2.